The van der Waals surface area contributed by atoms with Crippen molar-refractivity contribution < 1.29 is 9.47 Å². The van der Waals surface area contributed by atoms with Crippen LogP contribution in [0, 0.1) is 6.92 Å². The van der Waals surface area contributed by atoms with Crippen LogP contribution in [0.5, 0.6) is 0 Å². The summed E-state index contributed by atoms with van der Waals surface area (Å²) in [6.07, 6.45) is 1.31. The van der Waals surface area contributed by atoms with Crippen molar-refractivity contribution in [3.8, 4) is 0 Å². The van der Waals surface area contributed by atoms with Crippen LogP contribution in [0.15, 0.2) is 24.3 Å². The Morgan fingerprint density at radius 3 is 2.20 bits per heavy atom. The van der Waals surface area contributed by atoms with Crippen molar-refractivity contribution in [1.82, 2.24) is 4.90 Å². The van der Waals surface area contributed by atoms with E-state index in [-0.39, 0.29) is 18.2 Å². The second kappa shape index (κ2) is 7.18. The first-order valence-electron chi connectivity index (χ1n) is 7.24. The summed E-state index contributed by atoms with van der Waals surface area (Å²) in [5.41, 5.74) is 8.75. The van der Waals surface area contributed by atoms with Gasteiger partial charge >= 0.3 is 0 Å². The fourth-order valence-corrected chi connectivity index (χ4v) is 2.76. The molecular formula is C16H26N2O2. The minimum Gasteiger partial charge on any atom is -0.377 e. The van der Waals surface area contributed by atoms with Gasteiger partial charge in [0.15, 0.2) is 0 Å². The van der Waals surface area contributed by atoms with E-state index in [1.807, 2.05) is 0 Å². The summed E-state index contributed by atoms with van der Waals surface area (Å²) in [7, 11) is 3.50. The molecule has 1 aromatic rings. The van der Waals surface area contributed by atoms with Crippen LogP contribution in [0.1, 0.15) is 23.6 Å². The second-order valence-electron chi connectivity index (χ2n) is 5.61. The van der Waals surface area contributed by atoms with Crippen LogP contribution < -0.4 is 5.73 Å². The quantitative estimate of drug-likeness (QED) is 0.861. The molecule has 0 saturated carbocycles. The van der Waals surface area contributed by atoms with Gasteiger partial charge in [0.05, 0.1) is 12.2 Å². The Balaban J connectivity index is 1.82. The highest BCUT2D eigenvalue weighted by molar-refractivity contribution is 5.23. The summed E-state index contributed by atoms with van der Waals surface area (Å²) >= 11 is 0. The Morgan fingerprint density at radius 2 is 1.70 bits per heavy atom. The van der Waals surface area contributed by atoms with Crippen molar-refractivity contribution in [2.24, 2.45) is 5.73 Å². The molecule has 0 radical (unpaired) electrons. The summed E-state index contributed by atoms with van der Waals surface area (Å²) in [5, 5.41) is 0. The molecule has 3 atom stereocenters. The van der Waals surface area contributed by atoms with Crippen molar-refractivity contribution in [2.45, 2.75) is 31.6 Å². The van der Waals surface area contributed by atoms with Crippen LogP contribution >= 0.6 is 0 Å². The first-order chi connectivity index (χ1) is 9.63. The molecule has 0 spiro atoms. The lowest BCUT2D eigenvalue weighted by Crippen LogP contribution is -2.27. The second-order valence-corrected chi connectivity index (χ2v) is 5.61. The van der Waals surface area contributed by atoms with E-state index in [2.05, 4.69) is 36.1 Å². The maximum absolute atomic E-state index is 6.27. The lowest BCUT2D eigenvalue weighted by atomic mass is 10.0. The predicted molar refractivity (Wildman–Crippen MR) is 80.8 cm³/mol. The zero-order valence-corrected chi connectivity index (χ0v) is 12.7. The average molecular weight is 278 g/mol. The number of benzene rings is 1. The number of aryl methyl sites for hydroxylation is 1. The molecule has 0 aliphatic carbocycles. The van der Waals surface area contributed by atoms with E-state index in [1.165, 1.54) is 11.1 Å². The molecule has 20 heavy (non-hydrogen) atoms. The molecule has 0 bridgehead atoms. The molecule has 4 heteroatoms. The minimum atomic E-state index is 0.0955. The number of nitrogens with two attached hydrogens (primary N) is 1. The Bertz CT molecular complexity index is 395. The van der Waals surface area contributed by atoms with Gasteiger partial charge in [0.1, 0.15) is 0 Å². The molecule has 1 fully saturated rings. The highest BCUT2D eigenvalue weighted by atomic mass is 16.5. The molecule has 2 N–H and O–H groups in total. The van der Waals surface area contributed by atoms with Crippen molar-refractivity contribution in [1.29, 1.82) is 0 Å². The smallest absolute Gasteiger partial charge is 0.0971 e. The monoisotopic (exact) mass is 278 g/mol. The number of methoxy groups -OCH3 is 2. The topological polar surface area (TPSA) is 47.7 Å². The van der Waals surface area contributed by atoms with Crippen LogP contribution in [0.25, 0.3) is 0 Å². The standard InChI is InChI=1S/C16H26N2O2/c1-12-4-6-13(7-5-12)14(17)8-9-18-10-15(19-2)16(11-18)20-3/h4-7,14-16H,8-11,17H2,1-3H3. The Kier molecular flexibility index (Phi) is 5.54. The number of hydrogen-bond acceptors (Lipinski definition) is 4. The summed E-state index contributed by atoms with van der Waals surface area (Å²) < 4.78 is 10.9. The molecule has 1 heterocycles. The van der Waals surface area contributed by atoms with Gasteiger partial charge in [-0.3, -0.25) is 4.90 Å². The summed E-state index contributed by atoms with van der Waals surface area (Å²) in [6, 6.07) is 8.58. The molecule has 3 unspecified atom stereocenters. The first-order valence-corrected chi connectivity index (χ1v) is 7.24. The van der Waals surface area contributed by atoms with Crippen LogP contribution in [0.2, 0.25) is 0 Å². The lowest BCUT2D eigenvalue weighted by Gasteiger charge is -2.18. The number of rotatable bonds is 6. The van der Waals surface area contributed by atoms with Crippen LogP contribution in [0.4, 0.5) is 0 Å². The van der Waals surface area contributed by atoms with Crippen LogP contribution in [0.3, 0.4) is 0 Å². The van der Waals surface area contributed by atoms with Crippen molar-refractivity contribution in [2.75, 3.05) is 33.9 Å². The normalized spacial score (nSPS) is 25.0. The summed E-state index contributed by atoms with van der Waals surface area (Å²) in [4.78, 5) is 2.37. The highest BCUT2D eigenvalue weighted by Gasteiger charge is 2.32. The van der Waals surface area contributed by atoms with Gasteiger partial charge in [-0.15, -0.1) is 0 Å². The van der Waals surface area contributed by atoms with Gasteiger partial charge in [-0.1, -0.05) is 29.8 Å². The summed E-state index contributed by atoms with van der Waals surface area (Å²) in [6.45, 7) is 4.93. The Labute approximate surface area is 121 Å². The van der Waals surface area contributed by atoms with Gasteiger partial charge in [0, 0.05) is 39.9 Å². The molecule has 1 aliphatic heterocycles. The van der Waals surface area contributed by atoms with E-state index in [9.17, 15) is 0 Å². The highest BCUT2D eigenvalue weighted by Crippen LogP contribution is 2.19. The fourth-order valence-electron chi connectivity index (χ4n) is 2.76. The Hall–Kier alpha value is -0.940. The summed E-state index contributed by atoms with van der Waals surface area (Å²) in [5.74, 6) is 0. The molecule has 1 saturated heterocycles. The predicted octanol–water partition coefficient (Wildman–Crippen LogP) is 1.73. The van der Waals surface area contributed by atoms with E-state index < -0.39 is 0 Å². The Morgan fingerprint density at radius 1 is 1.15 bits per heavy atom. The largest absolute Gasteiger partial charge is 0.377 e. The lowest BCUT2D eigenvalue weighted by molar-refractivity contribution is -0.00461. The third kappa shape index (κ3) is 3.79. The van der Waals surface area contributed by atoms with Gasteiger partial charge in [0.25, 0.3) is 0 Å². The zero-order chi connectivity index (χ0) is 14.5. The van der Waals surface area contributed by atoms with E-state index in [4.69, 9.17) is 15.2 Å². The van der Waals surface area contributed by atoms with E-state index in [0.29, 0.717) is 0 Å². The van der Waals surface area contributed by atoms with E-state index in [0.717, 1.165) is 26.1 Å². The van der Waals surface area contributed by atoms with E-state index in [1.54, 1.807) is 14.2 Å². The van der Waals surface area contributed by atoms with Gasteiger partial charge in [0.2, 0.25) is 0 Å². The third-order valence-corrected chi connectivity index (χ3v) is 4.16. The molecule has 4 nitrogen and oxygen atoms in total. The SMILES string of the molecule is COC1CN(CCC(N)c2ccc(C)cc2)CC1OC. The maximum atomic E-state index is 6.27. The fraction of sp³-hybridized carbons (Fsp3) is 0.625. The number of likely N-dealkylation sites (tertiary alicyclic amines) is 1. The first kappa shape index (κ1) is 15.4. The van der Waals surface area contributed by atoms with Gasteiger partial charge in [-0.2, -0.15) is 0 Å². The maximum Gasteiger partial charge on any atom is 0.0971 e. The molecule has 0 amide bonds. The molecule has 1 aromatic carbocycles. The number of ether oxygens (including phenoxy) is 2. The number of nitrogens with zero attached hydrogens (tertiary/aromatic N) is 1. The van der Waals surface area contributed by atoms with Crippen molar-refractivity contribution >= 4 is 0 Å². The van der Waals surface area contributed by atoms with Gasteiger partial charge < -0.3 is 15.2 Å². The van der Waals surface area contributed by atoms with Gasteiger partial charge in [-0.05, 0) is 18.9 Å². The minimum absolute atomic E-state index is 0.0955. The molecule has 1 aliphatic rings. The van der Waals surface area contributed by atoms with E-state index >= 15 is 0 Å². The van der Waals surface area contributed by atoms with Crippen LogP contribution in [-0.2, 0) is 9.47 Å². The molecule has 112 valence electrons. The van der Waals surface area contributed by atoms with Gasteiger partial charge in [-0.25, -0.2) is 0 Å². The number of hydrogen-bond donors (Lipinski definition) is 1. The average Bonchev–Trinajstić information content (AvgIpc) is 2.88. The molecular weight excluding hydrogens is 252 g/mol. The van der Waals surface area contributed by atoms with Crippen molar-refractivity contribution in [3.05, 3.63) is 35.4 Å². The van der Waals surface area contributed by atoms with Crippen LogP contribution in [-0.4, -0.2) is 51.0 Å². The molecule has 2 rings (SSSR count). The molecule has 0 aromatic heterocycles. The third-order valence-electron chi connectivity index (χ3n) is 4.16. The van der Waals surface area contributed by atoms with Crippen molar-refractivity contribution in [3.63, 3.8) is 0 Å². The zero-order valence-electron chi connectivity index (χ0n) is 12.7.